The second kappa shape index (κ2) is 8.19. The van der Waals surface area contributed by atoms with Gasteiger partial charge in [0.2, 0.25) is 5.76 Å². The summed E-state index contributed by atoms with van der Waals surface area (Å²) in [5, 5.41) is 0. The summed E-state index contributed by atoms with van der Waals surface area (Å²) < 4.78 is 15.7. The number of allylic oxidation sites excluding steroid dienone is 1. The molecule has 136 valence electrons. The summed E-state index contributed by atoms with van der Waals surface area (Å²) in [6, 6.07) is 15.5. The Kier molecular flexibility index (Phi) is 5.52. The lowest BCUT2D eigenvalue weighted by molar-refractivity contribution is 0.0699. The van der Waals surface area contributed by atoms with Gasteiger partial charge in [-0.3, -0.25) is 4.79 Å². The number of methoxy groups -OCH3 is 1. The van der Waals surface area contributed by atoms with Crippen LogP contribution in [-0.2, 0) is 0 Å². The quantitative estimate of drug-likeness (QED) is 0.275. The zero-order chi connectivity index (χ0) is 19.2. The van der Waals surface area contributed by atoms with Gasteiger partial charge in [-0.1, -0.05) is 29.8 Å². The fourth-order valence-electron chi connectivity index (χ4n) is 2.53. The first-order valence-electron chi connectivity index (χ1n) is 8.30. The van der Waals surface area contributed by atoms with Gasteiger partial charge in [0.15, 0.2) is 5.78 Å². The van der Waals surface area contributed by atoms with Gasteiger partial charge < -0.3 is 13.9 Å². The van der Waals surface area contributed by atoms with Crippen LogP contribution in [0.1, 0.15) is 32.0 Å². The molecule has 0 unspecified atom stereocenters. The number of hydrogen-bond acceptors (Lipinski definition) is 5. The van der Waals surface area contributed by atoms with Crippen molar-refractivity contribution in [3.8, 4) is 11.5 Å². The molecule has 0 N–H and O–H groups in total. The zero-order valence-electron chi connectivity index (χ0n) is 15.0. The van der Waals surface area contributed by atoms with Crippen LogP contribution in [-0.4, -0.2) is 18.9 Å². The van der Waals surface area contributed by atoms with Crippen LogP contribution in [0.3, 0.4) is 0 Å². The van der Waals surface area contributed by atoms with Crippen molar-refractivity contribution in [3.05, 3.63) is 89.4 Å². The van der Waals surface area contributed by atoms with Gasteiger partial charge in [-0.15, -0.1) is 0 Å². The molecule has 5 nitrogen and oxygen atoms in total. The van der Waals surface area contributed by atoms with Crippen LogP contribution in [0.5, 0.6) is 11.5 Å². The summed E-state index contributed by atoms with van der Waals surface area (Å²) >= 11 is 0. The maximum absolute atomic E-state index is 12.7. The summed E-state index contributed by atoms with van der Waals surface area (Å²) in [6.45, 7) is 1.86. The van der Waals surface area contributed by atoms with Crippen LogP contribution in [0.2, 0.25) is 0 Å². The topological polar surface area (TPSA) is 65.7 Å². The van der Waals surface area contributed by atoms with Crippen LogP contribution < -0.4 is 9.47 Å². The predicted octanol–water partition coefficient (Wildman–Crippen LogP) is 4.71. The van der Waals surface area contributed by atoms with Crippen LogP contribution >= 0.6 is 0 Å². The monoisotopic (exact) mass is 362 g/mol. The zero-order valence-corrected chi connectivity index (χ0v) is 15.0. The third kappa shape index (κ3) is 4.33. The van der Waals surface area contributed by atoms with Crippen molar-refractivity contribution < 1.29 is 23.5 Å². The van der Waals surface area contributed by atoms with Crippen molar-refractivity contribution in [3.63, 3.8) is 0 Å². The molecule has 0 aliphatic carbocycles. The lowest BCUT2D eigenvalue weighted by Gasteiger charge is -2.08. The van der Waals surface area contributed by atoms with Crippen molar-refractivity contribution in [1.82, 2.24) is 0 Å². The number of aryl methyl sites for hydroxylation is 1. The molecule has 0 fully saturated rings. The first kappa shape index (κ1) is 18.2. The molecule has 0 radical (unpaired) electrons. The Morgan fingerprint density at radius 3 is 2.56 bits per heavy atom. The molecule has 0 aliphatic heterocycles. The molecule has 3 aromatic rings. The van der Waals surface area contributed by atoms with E-state index >= 15 is 0 Å². The minimum Gasteiger partial charge on any atom is -0.496 e. The number of furan rings is 1. The molecule has 1 aromatic heterocycles. The second-order valence-electron chi connectivity index (χ2n) is 5.81. The van der Waals surface area contributed by atoms with E-state index in [0.29, 0.717) is 11.3 Å². The molecular weight excluding hydrogens is 344 g/mol. The molecule has 3 rings (SSSR count). The average Bonchev–Trinajstić information content (AvgIpc) is 3.22. The molecular formula is C22H18O5. The van der Waals surface area contributed by atoms with E-state index in [4.69, 9.17) is 13.9 Å². The van der Waals surface area contributed by atoms with Crippen LogP contribution in [0.25, 0.3) is 6.08 Å². The molecule has 1 heterocycles. The van der Waals surface area contributed by atoms with Gasteiger partial charge in [-0.25, -0.2) is 4.79 Å². The fourth-order valence-corrected chi connectivity index (χ4v) is 2.53. The summed E-state index contributed by atoms with van der Waals surface area (Å²) in [5.41, 5.74) is 1.94. The van der Waals surface area contributed by atoms with Crippen molar-refractivity contribution >= 4 is 17.8 Å². The number of esters is 1. The molecule has 27 heavy (non-hydrogen) atoms. The van der Waals surface area contributed by atoms with E-state index in [-0.39, 0.29) is 17.3 Å². The molecule has 0 saturated heterocycles. The number of ether oxygens (including phenoxy) is 2. The van der Waals surface area contributed by atoms with Gasteiger partial charge >= 0.3 is 5.97 Å². The number of hydrogen-bond donors (Lipinski definition) is 0. The first-order valence-corrected chi connectivity index (χ1v) is 8.30. The Bertz CT molecular complexity index is 984. The Morgan fingerprint density at radius 2 is 1.81 bits per heavy atom. The van der Waals surface area contributed by atoms with E-state index in [9.17, 15) is 9.59 Å². The summed E-state index contributed by atoms with van der Waals surface area (Å²) in [5.74, 6) is -0.0380. The summed E-state index contributed by atoms with van der Waals surface area (Å²) in [4.78, 5) is 24.9. The molecule has 5 heteroatoms. The highest BCUT2D eigenvalue weighted by Crippen LogP contribution is 2.24. The fraction of sp³-hybridized carbons (Fsp3) is 0.0909. The number of ketones is 1. The molecule has 0 amide bonds. The number of benzene rings is 2. The van der Waals surface area contributed by atoms with Crippen LogP contribution in [0, 0.1) is 6.92 Å². The van der Waals surface area contributed by atoms with Gasteiger partial charge in [0.25, 0.3) is 0 Å². The van der Waals surface area contributed by atoms with E-state index in [1.165, 1.54) is 18.4 Å². The van der Waals surface area contributed by atoms with E-state index < -0.39 is 5.97 Å². The summed E-state index contributed by atoms with van der Waals surface area (Å²) in [6.07, 6.45) is 4.48. The molecule has 2 aromatic carbocycles. The van der Waals surface area contributed by atoms with Crippen molar-refractivity contribution in [2.45, 2.75) is 6.92 Å². The normalized spacial score (nSPS) is 10.7. The second-order valence-corrected chi connectivity index (χ2v) is 5.81. The molecule has 0 atom stereocenters. The van der Waals surface area contributed by atoms with Gasteiger partial charge in [-0.05, 0) is 49.4 Å². The standard InChI is InChI=1S/C22H18O5/c1-15-9-12-20(27-22(24)21-8-5-13-26-21)17(14-15)18(23)11-10-16-6-3-4-7-19(16)25-2/h3-14H,1-2H3/b11-10+. The molecule has 0 bridgehead atoms. The largest absolute Gasteiger partial charge is 0.496 e. The van der Waals surface area contributed by atoms with E-state index in [2.05, 4.69) is 0 Å². The molecule has 0 saturated carbocycles. The highest BCUT2D eigenvalue weighted by Gasteiger charge is 2.17. The maximum Gasteiger partial charge on any atom is 0.379 e. The van der Waals surface area contributed by atoms with Gasteiger partial charge in [0.05, 0.1) is 18.9 Å². The van der Waals surface area contributed by atoms with Crippen molar-refractivity contribution in [1.29, 1.82) is 0 Å². The highest BCUT2D eigenvalue weighted by atomic mass is 16.5. The van der Waals surface area contributed by atoms with Crippen molar-refractivity contribution in [2.75, 3.05) is 7.11 Å². The van der Waals surface area contributed by atoms with Gasteiger partial charge in [-0.2, -0.15) is 0 Å². The molecule has 0 spiro atoms. The highest BCUT2D eigenvalue weighted by molar-refractivity contribution is 6.09. The van der Waals surface area contributed by atoms with Gasteiger partial charge in [0, 0.05) is 5.56 Å². The minimum absolute atomic E-state index is 0.0681. The maximum atomic E-state index is 12.7. The number of para-hydroxylation sites is 1. The number of carbonyl (C=O) groups excluding carboxylic acids is 2. The Labute approximate surface area is 156 Å². The first-order chi connectivity index (χ1) is 13.1. The van der Waals surface area contributed by atoms with E-state index in [1.807, 2.05) is 31.2 Å². The van der Waals surface area contributed by atoms with E-state index in [1.54, 1.807) is 37.5 Å². The van der Waals surface area contributed by atoms with Crippen LogP contribution in [0.15, 0.2) is 71.4 Å². The lowest BCUT2D eigenvalue weighted by Crippen LogP contribution is -2.10. The average molecular weight is 362 g/mol. The third-order valence-corrected chi connectivity index (χ3v) is 3.88. The third-order valence-electron chi connectivity index (χ3n) is 3.88. The number of rotatable bonds is 6. The Hall–Kier alpha value is -3.60. The predicted molar refractivity (Wildman–Crippen MR) is 101 cm³/mol. The number of carbonyl (C=O) groups is 2. The lowest BCUT2D eigenvalue weighted by atomic mass is 10.0. The van der Waals surface area contributed by atoms with Gasteiger partial charge in [0.1, 0.15) is 11.5 Å². The van der Waals surface area contributed by atoms with E-state index in [0.717, 1.165) is 11.1 Å². The van der Waals surface area contributed by atoms with Crippen molar-refractivity contribution in [2.24, 2.45) is 0 Å². The Balaban J connectivity index is 1.86. The van der Waals surface area contributed by atoms with Crippen LogP contribution in [0.4, 0.5) is 0 Å². The summed E-state index contributed by atoms with van der Waals surface area (Å²) in [7, 11) is 1.57. The smallest absolute Gasteiger partial charge is 0.379 e. The Morgan fingerprint density at radius 1 is 1.00 bits per heavy atom. The molecule has 0 aliphatic rings. The SMILES string of the molecule is COc1ccccc1/C=C/C(=O)c1cc(C)ccc1OC(=O)c1ccco1. The minimum atomic E-state index is -0.661.